The molecule has 1 N–H and O–H groups in total. The average molecular weight is 204 g/mol. The van der Waals surface area contributed by atoms with Gasteiger partial charge in [-0.2, -0.15) is 5.10 Å². The van der Waals surface area contributed by atoms with Crippen LogP contribution in [-0.4, -0.2) is 12.1 Å². The molecule has 0 saturated carbocycles. The fourth-order valence-electron chi connectivity index (χ4n) is 1.19. The molecule has 3 heteroatoms. The van der Waals surface area contributed by atoms with Crippen LogP contribution in [0.25, 0.3) is 0 Å². The number of carbonyl (C=O) groups excluding carboxylic acids is 1. The summed E-state index contributed by atoms with van der Waals surface area (Å²) in [6, 6.07) is 7.45. The van der Waals surface area contributed by atoms with Gasteiger partial charge in [-0.25, -0.2) is 5.43 Å². The van der Waals surface area contributed by atoms with Crippen LogP contribution in [0.4, 0.5) is 0 Å². The quantitative estimate of drug-likeness (QED) is 0.594. The van der Waals surface area contributed by atoms with Gasteiger partial charge in [-0.3, -0.25) is 4.79 Å². The van der Waals surface area contributed by atoms with E-state index < -0.39 is 0 Å². The molecule has 0 aliphatic heterocycles. The number of hydrogen-bond donors (Lipinski definition) is 1. The molecule has 1 aromatic carbocycles. The van der Waals surface area contributed by atoms with E-state index >= 15 is 0 Å². The largest absolute Gasteiger partial charge is 0.271 e. The van der Waals surface area contributed by atoms with Gasteiger partial charge in [0.1, 0.15) is 0 Å². The molecule has 0 spiro atoms. The van der Waals surface area contributed by atoms with Gasteiger partial charge in [-0.05, 0) is 25.0 Å². The lowest BCUT2D eigenvalue weighted by atomic mass is 10.1. The number of aryl methyl sites for hydroxylation is 1. The van der Waals surface area contributed by atoms with Crippen LogP contribution < -0.4 is 5.43 Å². The van der Waals surface area contributed by atoms with Crippen LogP contribution >= 0.6 is 0 Å². The van der Waals surface area contributed by atoms with E-state index in [1.165, 1.54) is 0 Å². The molecule has 0 unspecified atom stereocenters. The van der Waals surface area contributed by atoms with Gasteiger partial charge in [0.2, 0.25) is 0 Å². The summed E-state index contributed by atoms with van der Waals surface area (Å²) in [7, 11) is 0. The van der Waals surface area contributed by atoms with Crippen LogP contribution in [0.15, 0.2) is 29.4 Å². The van der Waals surface area contributed by atoms with Crippen molar-refractivity contribution in [3.63, 3.8) is 0 Å². The van der Waals surface area contributed by atoms with E-state index in [-0.39, 0.29) is 5.91 Å². The number of unbranched alkanes of at least 4 members (excludes halogenated alkanes) is 1. The van der Waals surface area contributed by atoms with Crippen LogP contribution in [0.5, 0.6) is 0 Å². The highest BCUT2D eigenvalue weighted by atomic mass is 16.2. The van der Waals surface area contributed by atoms with Gasteiger partial charge >= 0.3 is 0 Å². The Kier molecular flexibility index (Phi) is 4.54. The third-order valence-electron chi connectivity index (χ3n) is 2.06. The van der Waals surface area contributed by atoms with Crippen molar-refractivity contribution >= 4 is 12.1 Å². The first-order valence-electron chi connectivity index (χ1n) is 5.13. The summed E-state index contributed by atoms with van der Waals surface area (Å²) >= 11 is 0. The molecule has 0 atom stereocenters. The molecule has 0 radical (unpaired) electrons. The normalized spacial score (nSPS) is 10.5. The molecule has 0 heterocycles. The van der Waals surface area contributed by atoms with E-state index in [0.29, 0.717) is 5.56 Å². The van der Waals surface area contributed by atoms with Crippen molar-refractivity contribution in [2.45, 2.75) is 26.7 Å². The van der Waals surface area contributed by atoms with Crippen LogP contribution in [-0.2, 0) is 0 Å². The lowest BCUT2D eigenvalue weighted by molar-refractivity contribution is 0.0954. The summed E-state index contributed by atoms with van der Waals surface area (Å²) in [5.74, 6) is -0.152. The van der Waals surface area contributed by atoms with Crippen molar-refractivity contribution in [3.8, 4) is 0 Å². The maximum Gasteiger partial charge on any atom is 0.271 e. The fraction of sp³-hybridized carbons (Fsp3) is 0.333. The fourth-order valence-corrected chi connectivity index (χ4v) is 1.19. The molecule has 1 rings (SSSR count). The molecule has 0 aliphatic carbocycles. The zero-order valence-electron chi connectivity index (χ0n) is 9.16. The van der Waals surface area contributed by atoms with Gasteiger partial charge in [-0.1, -0.05) is 31.5 Å². The summed E-state index contributed by atoms with van der Waals surface area (Å²) < 4.78 is 0. The standard InChI is InChI=1S/C12H16N2O/c1-3-4-9-13-14-12(15)11-8-6-5-7-10(11)2/h5-9H,3-4H2,1-2H3,(H,14,15)/b13-9+. The maximum atomic E-state index is 11.6. The van der Waals surface area contributed by atoms with Gasteiger partial charge in [0.05, 0.1) is 0 Å². The van der Waals surface area contributed by atoms with Gasteiger partial charge in [0, 0.05) is 11.8 Å². The smallest absolute Gasteiger partial charge is 0.267 e. The number of hydrazone groups is 1. The highest BCUT2D eigenvalue weighted by Crippen LogP contribution is 2.06. The van der Waals surface area contributed by atoms with Crippen LogP contribution in [0.2, 0.25) is 0 Å². The number of carbonyl (C=O) groups is 1. The summed E-state index contributed by atoms with van der Waals surface area (Å²) in [5, 5.41) is 3.85. The topological polar surface area (TPSA) is 41.5 Å². The molecule has 0 aromatic heterocycles. The van der Waals surface area contributed by atoms with Crippen molar-refractivity contribution in [1.29, 1.82) is 0 Å². The molecule has 0 fully saturated rings. The SMILES string of the molecule is CCC/C=N/NC(=O)c1ccccc1C. The molecule has 1 amide bonds. The highest BCUT2D eigenvalue weighted by molar-refractivity contribution is 5.95. The summed E-state index contributed by atoms with van der Waals surface area (Å²) in [6.07, 6.45) is 3.63. The number of rotatable bonds is 4. The van der Waals surface area contributed by atoms with Gasteiger partial charge < -0.3 is 0 Å². The van der Waals surface area contributed by atoms with E-state index in [1.54, 1.807) is 12.3 Å². The van der Waals surface area contributed by atoms with E-state index in [1.807, 2.05) is 25.1 Å². The number of benzene rings is 1. The zero-order chi connectivity index (χ0) is 11.1. The molecule has 0 aliphatic rings. The molecule has 3 nitrogen and oxygen atoms in total. The Morgan fingerprint density at radius 3 is 2.87 bits per heavy atom. The van der Waals surface area contributed by atoms with Crippen molar-refractivity contribution in [1.82, 2.24) is 5.43 Å². The number of hydrogen-bond acceptors (Lipinski definition) is 2. The van der Waals surface area contributed by atoms with E-state index in [4.69, 9.17) is 0 Å². The van der Waals surface area contributed by atoms with E-state index in [2.05, 4.69) is 17.5 Å². The van der Waals surface area contributed by atoms with Crippen molar-refractivity contribution in [2.75, 3.05) is 0 Å². The molecule has 0 saturated heterocycles. The molecule has 1 aromatic rings. The summed E-state index contributed by atoms with van der Waals surface area (Å²) in [4.78, 5) is 11.6. The Bertz CT molecular complexity index is 358. The maximum absolute atomic E-state index is 11.6. The van der Waals surface area contributed by atoms with Crippen molar-refractivity contribution in [3.05, 3.63) is 35.4 Å². The predicted molar refractivity (Wildman–Crippen MR) is 62.0 cm³/mol. The monoisotopic (exact) mass is 204 g/mol. The zero-order valence-corrected chi connectivity index (χ0v) is 9.16. The minimum absolute atomic E-state index is 0.152. The third kappa shape index (κ3) is 3.54. The first-order valence-corrected chi connectivity index (χ1v) is 5.13. The summed E-state index contributed by atoms with van der Waals surface area (Å²) in [5.41, 5.74) is 4.14. The Morgan fingerprint density at radius 2 is 2.20 bits per heavy atom. The van der Waals surface area contributed by atoms with Gasteiger partial charge in [0.25, 0.3) is 5.91 Å². The second kappa shape index (κ2) is 5.96. The molecular formula is C12H16N2O. The van der Waals surface area contributed by atoms with Crippen LogP contribution in [0.1, 0.15) is 35.7 Å². The Balaban J connectivity index is 2.58. The molecule has 0 bridgehead atoms. The number of amides is 1. The van der Waals surface area contributed by atoms with E-state index in [9.17, 15) is 4.79 Å². The first-order chi connectivity index (χ1) is 7.25. The van der Waals surface area contributed by atoms with E-state index in [0.717, 1.165) is 18.4 Å². The second-order valence-electron chi connectivity index (χ2n) is 3.36. The van der Waals surface area contributed by atoms with Gasteiger partial charge in [0.15, 0.2) is 0 Å². The minimum atomic E-state index is -0.152. The minimum Gasteiger partial charge on any atom is -0.267 e. The Labute approximate surface area is 90.2 Å². The second-order valence-corrected chi connectivity index (χ2v) is 3.36. The van der Waals surface area contributed by atoms with Gasteiger partial charge in [-0.15, -0.1) is 0 Å². The first kappa shape index (κ1) is 11.4. The molecular weight excluding hydrogens is 188 g/mol. The number of nitrogens with zero attached hydrogens (tertiary/aromatic N) is 1. The van der Waals surface area contributed by atoms with Crippen LogP contribution in [0.3, 0.4) is 0 Å². The Hall–Kier alpha value is -1.64. The van der Waals surface area contributed by atoms with Crippen molar-refractivity contribution < 1.29 is 4.79 Å². The highest BCUT2D eigenvalue weighted by Gasteiger charge is 2.05. The molecule has 15 heavy (non-hydrogen) atoms. The summed E-state index contributed by atoms with van der Waals surface area (Å²) in [6.45, 7) is 3.97. The predicted octanol–water partition coefficient (Wildman–Crippen LogP) is 2.51. The van der Waals surface area contributed by atoms with Crippen LogP contribution in [0, 0.1) is 6.92 Å². The molecule has 80 valence electrons. The lowest BCUT2D eigenvalue weighted by Crippen LogP contribution is -2.18. The van der Waals surface area contributed by atoms with Crippen molar-refractivity contribution in [2.24, 2.45) is 5.10 Å². The third-order valence-corrected chi connectivity index (χ3v) is 2.06. The number of nitrogens with one attached hydrogen (secondary N) is 1. The lowest BCUT2D eigenvalue weighted by Gasteiger charge is -2.02. The Morgan fingerprint density at radius 1 is 1.47 bits per heavy atom. The average Bonchev–Trinajstić information content (AvgIpc) is 2.25.